The van der Waals surface area contributed by atoms with E-state index in [9.17, 15) is 18.4 Å². The quantitative estimate of drug-likeness (QED) is 0.231. The molecular weight excluding hydrogens is 414 g/mol. The fraction of sp³-hybridized carbons (Fsp3) is 0.462. The van der Waals surface area contributed by atoms with Gasteiger partial charge in [0.15, 0.2) is 11.6 Å². The van der Waals surface area contributed by atoms with E-state index in [1.54, 1.807) is 0 Å². The number of halogens is 2. The summed E-state index contributed by atoms with van der Waals surface area (Å²) in [7, 11) is 0. The van der Waals surface area contributed by atoms with E-state index in [4.69, 9.17) is 9.47 Å². The van der Waals surface area contributed by atoms with Gasteiger partial charge in [-0.1, -0.05) is 64.4 Å². The van der Waals surface area contributed by atoms with E-state index >= 15 is 0 Å². The number of carbonyl (C=O) groups is 2. The van der Waals surface area contributed by atoms with Crippen molar-refractivity contribution in [2.45, 2.75) is 71.3 Å². The molecule has 0 radical (unpaired) electrons. The summed E-state index contributed by atoms with van der Waals surface area (Å²) >= 11 is 0. The lowest BCUT2D eigenvalue weighted by molar-refractivity contribution is 0.0466. The van der Waals surface area contributed by atoms with Crippen molar-refractivity contribution in [1.82, 2.24) is 0 Å². The molecule has 0 atom stereocenters. The van der Waals surface area contributed by atoms with E-state index in [0.717, 1.165) is 31.4 Å². The summed E-state index contributed by atoms with van der Waals surface area (Å²) in [6.07, 6.45) is 10.7. The summed E-state index contributed by atoms with van der Waals surface area (Å²) in [5.74, 6) is -3.00. The highest BCUT2D eigenvalue weighted by Gasteiger charge is 2.12. The smallest absolute Gasteiger partial charge is 0.338 e. The fourth-order valence-corrected chi connectivity index (χ4v) is 3.26. The van der Waals surface area contributed by atoms with Gasteiger partial charge in [-0.05, 0) is 48.4 Å². The summed E-state index contributed by atoms with van der Waals surface area (Å²) in [6.45, 7) is 2.41. The lowest BCUT2D eigenvalue weighted by Crippen LogP contribution is -2.08. The van der Waals surface area contributed by atoms with Crippen LogP contribution in [-0.2, 0) is 16.1 Å². The Bertz CT molecular complexity index is 849. The van der Waals surface area contributed by atoms with Gasteiger partial charge >= 0.3 is 11.9 Å². The molecule has 6 heteroatoms. The third-order valence-electron chi connectivity index (χ3n) is 5.19. The normalized spacial score (nSPS) is 10.7. The molecule has 0 unspecified atom stereocenters. The highest BCUT2D eigenvalue weighted by Crippen LogP contribution is 2.13. The predicted octanol–water partition coefficient (Wildman–Crippen LogP) is 7.01. The van der Waals surface area contributed by atoms with Crippen LogP contribution in [-0.4, -0.2) is 18.5 Å². The van der Waals surface area contributed by atoms with Gasteiger partial charge in [-0.3, -0.25) is 0 Å². The number of unbranched alkanes of at least 4 members (excludes halogenated alkanes) is 8. The van der Waals surface area contributed by atoms with Gasteiger partial charge in [0.25, 0.3) is 0 Å². The summed E-state index contributed by atoms with van der Waals surface area (Å²) < 4.78 is 36.5. The molecule has 0 bridgehead atoms. The van der Waals surface area contributed by atoms with Gasteiger partial charge in [0.2, 0.25) is 0 Å². The van der Waals surface area contributed by atoms with Gasteiger partial charge in [0.05, 0.1) is 17.7 Å². The highest BCUT2D eigenvalue weighted by molar-refractivity contribution is 5.93. The van der Waals surface area contributed by atoms with Crippen LogP contribution in [0.5, 0.6) is 0 Å². The molecule has 0 saturated carbocycles. The number of hydrogen-bond acceptors (Lipinski definition) is 4. The van der Waals surface area contributed by atoms with E-state index in [0.29, 0.717) is 17.7 Å². The summed E-state index contributed by atoms with van der Waals surface area (Å²) in [6, 6.07) is 9.27. The predicted molar refractivity (Wildman–Crippen MR) is 119 cm³/mol. The Morgan fingerprint density at radius 3 is 1.78 bits per heavy atom. The minimum absolute atomic E-state index is 0.182. The van der Waals surface area contributed by atoms with Crippen molar-refractivity contribution in [3.05, 3.63) is 70.8 Å². The van der Waals surface area contributed by atoms with Gasteiger partial charge in [-0.2, -0.15) is 0 Å². The molecule has 0 N–H and O–H groups in total. The first kappa shape index (κ1) is 25.5. The van der Waals surface area contributed by atoms with Crippen molar-refractivity contribution in [2.24, 2.45) is 0 Å². The molecule has 2 aromatic rings. The number of carbonyl (C=O) groups excluding carboxylic acids is 2. The van der Waals surface area contributed by atoms with E-state index in [1.807, 2.05) is 0 Å². The maximum atomic E-state index is 13.2. The third kappa shape index (κ3) is 9.16. The molecule has 2 rings (SSSR count). The van der Waals surface area contributed by atoms with Crippen molar-refractivity contribution in [1.29, 1.82) is 0 Å². The monoisotopic (exact) mass is 446 g/mol. The lowest BCUT2D eigenvalue weighted by Gasteiger charge is -2.07. The van der Waals surface area contributed by atoms with Gasteiger partial charge < -0.3 is 9.47 Å². The largest absolute Gasteiger partial charge is 0.462 e. The van der Waals surface area contributed by atoms with Crippen LogP contribution >= 0.6 is 0 Å². The third-order valence-corrected chi connectivity index (χ3v) is 5.19. The Morgan fingerprint density at radius 2 is 1.22 bits per heavy atom. The first-order valence-electron chi connectivity index (χ1n) is 11.4. The second kappa shape index (κ2) is 14.3. The van der Waals surface area contributed by atoms with Crippen LogP contribution in [0.2, 0.25) is 0 Å². The van der Waals surface area contributed by atoms with Gasteiger partial charge in [-0.25, -0.2) is 18.4 Å². The second-order valence-corrected chi connectivity index (χ2v) is 7.87. The minimum Gasteiger partial charge on any atom is -0.462 e. The van der Waals surface area contributed by atoms with Gasteiger partial charge in [-0.15, -0.1) is 0 Å². The average Bonchev–Trinajstić information content (AvgIpc) is 2.80. The Balaban J connectivity index is 1.65. The minimum atomic E-state index is -0.996. The van der Waals surface area contributed by atoms with Crippen LogP contribution in [0.3, 0.4) is 0 Å². The summed E-state index contributed by atoms with van der Waals surface area (Å²) in [5, 5.41) is 0. The van der Waals surface area contributed by atoms with Gasteiger partial charge in [0, 0.05) is 0 Å². The van der Waals surface area contributed by atoms with Crippen molar-refractivity contribution in [3.63, 3.8) is 0 Å². The van der Waals surface area contributed by atoms with Crippen molar-refractivity contribution in [3.8, 4) is 0 Å². The number of rotatable bonds is 14. The number of hydrogen-bond donors (Lipinski definition) is 0. The number of benzene rings is 2. The van der Waals surface area contributed by atoms with Crippen molar-refractivity contribution >= 4 is 11.9 Å². The maximum Gasteiger partial charge on any atom is 0.338 e. The maximum absolute atomic E-state index is 13.2. The van der Waals surface area contributed by atoms with E-state index < -0.39 is 23.6 Å². The molecule has 0 heterocycles. The van der Waals surface area contributed by atoms with Crippen molar-refractivity contribution in [2.75, 3.05) is 6.61 Å². The Labute approximate surface area is 188 Å². The van der Waals surface area contributed by atoms with Crippen LogP contribution in [0.4, 0.5) is 8.78 Å². The van der Waals surface area contributed by atoms with Crippen LogP contribution < -0.4 is 0 Å². The topological polar surface area (TPSA) is 52.6 Å². The average molecular weight is 447 g/mol. The van der Waals surface area contributed by atoms with Crippen LogP contribution in [0.15, 0.2) is 42.5 Å². The molecular formula is C26H32F2O4. The number of ether oxygens (including phenoxy) is 2. The molecule has 0 aliphatic rings. The molecule has 2 aromatic carbocycles. The molecule has 0 fully saturated rings. The molecule has 0 aliphatic carbocycles. The molecule has 0 amide bonds. The molecule has 0 aromatic heterocycles. The molecule has 0 aliphatic heterocycles. The first-order chi connectivity index (χ1) is 15.5. The van der Waals surface area contributed by atoms with Crippen molar-refractivity contribution < 1.29 is 27.8 Å². The Morgan fingerprint density at radius 1 is 0.688 bits per heavy atom. The van der Waals surface area contributed by atoms with Crippen LogP contribution in [0.1, 0.15) is 91.0 Å². The Kier molecular flexibility index (Phi) is 11.4. The summed E-state index contributed by atoms with van der Waals surface area (Å²) in [5.41, 5.74) is 0.954. The SMILES string of the molecule is CCCCCCCCCCCOC(=O)c1ccc(C(=O)OCc2ccc(F)c(F)c2)cc1. The first-order valence-corrected chi connectivity index (χ1v) is 11.4. The standard InChI is InChI=1S/C26H32F2O4/c1-2-3-4-5-6-7-8-9-10-17-31-25(29)21-12-14-22(15-13-21)26(30)32-19-20-11-16-23(27)24(28)18-20/h11-16,18H,2-10,17,19H2,1H3. The number of esters is 2. The van der Waals surface area contributed by atoms with Gasteiger partial charge in [0.1, 0.15) is 6.61 Å². The fourth-order valence-electron chi connectivity index (χ4n) is 3.26. The van der Waals surface area contributed by atoms with Crippen LogP contribution in [0, 0.1) is 11.6 Å². The molecule has 174 valence electrons. The zero-order valence-electron chi connectivity index (χ0n) is 18.7. The lowest BCUT2D eigenvalue weighted by atomic mass is 10.1. The van der Waals surface area contributed by atoms with E-state index in [-0.39, 0.29) is 12.2 Å². The Hall–Kier alpha value is -2.76. The second-order valence-electron chi connectivity index (χ2n) is 7.87. The van der Waals surface area contributed by atoms with E-state index in [2.05, 4.69) is 6.92 Å². The molecule has 0 saturated heterocycles. The zero-order valence-corrected chi connectivity index (χ0v) is 18.7. The highest BCUT2D eigenvalue weighted by atomic mass is 19.2. The van der Waals surface area contributed by atoms with E-state index in [1.165, 1.54) is 68.9 Å². The van der Waals surface area contributed by atoms with Crippen LogP contribution in [0.25, 0.3) is 0 Å². The molecule has 32 heavy (non-hydrogen) atoms. The summed E-state index contributed by atoms with van der Waals surface area (Å²) in [4.78, 5) is 24.2. The molecule has 0 spiro atoms. The zero-order chi connectivity index (χ0) is 23.2. The molecule has 4 nitrogen and oxygen atoms in total.